The summed E-state index contributed by atoms with van der Waals surface area (Å²) in [6, 6.07) is -0.983. The predicted molar refractivity (Wildman–Crippen MR) is 47.6 cm³/mol. The van der Waals surface area contributed by atoms with E-state index in [1.54, 1.807) is 0 Å². The minimum absolute atomic E-state index is 0.140. The topological polar surface area (TPSA) is 58.4 Å². The van der Waals surface area contributed by atoms with Gasteiger partial charge in [-0.15, -0.1) is 0 Å². The molecule has 1 saturated carbocycles. The highest BCUT2D eigenvalue weighted by Crippen LogP contribution is 2.31. The van der Waals surface area contributed by atoms with Crippen molar-refractivity contribution >= 4 is 5.91 Å². The molecule has 1 atom stereocenters. The van der Waals surface area contributed by atoms with Crippen molar-refractivity contribution in [2.45, 2.75) is 38.0 Å². The highest BCUT2D eigenvalue weighted by atomic mass is 19.4. The number of hydrogen-bond donors (Lipinski definition) is 2. The van der Waals surface area contributed by atoms with Crippen molar-refractivity contribution < 1.29 is 18.0 Å². The van der Waals surface area contributed by atoms with E-state index in [2.05, 4.69) is 0 Å². The van der Waals surface area contributed by atoms with Crippen molar-refractivity contribution in [1.29, 1.82) is 0 Å². The third kappa shape index (κ3) is 3.67. The van der Waals surface area contributed by atoms with Gasteiger partial charge in [-0.1, -0.05) is 0 Å². The van der Waals surface area contributed by atoms with Gasteiger partial charge >= 0.3 is 6.18 Å². The van der Waals surface area contributed by atoms with Gasteiger partial charge in [-0.3, -0.25) is 15.1 Å². The lowest BCUT2D eigenvalue weighted by Gasteiger charge is -2.28. The van der Waals surface area contributed by atoms with E-state index in [9.17, 15) is 18.0 Å². The molecule has 0 aromatic carbocycles. The standard InChI is InChI=1S/C8H14F3N3O/c1-5(7(15)13-12)14(6-2-3-6)4-8(9,10)11/h5-6H,2-4,12H2,1H3,(H,13,15). The van der Waals surface area contributed by atoms with E-state index >= 15 is 0 Å². The molecule has 1 fully saturated rings. The number of nitrogens with zero attached hydrogens (tertiary/aromatic N) is 1. The summed E-state index contributed by atoms with van der Waals surface area (Å²) < 4.78 is 36.7. The zero-order valence-electron chi connectivity index (χ0n) is 8.34. The number of nitrogens with two attached hydrogens (primary N) is 1. The number of carbonyl (C=O) groups excluding carboxylic acids is 1. The molecule has 0 bridgehead atoms. The van der Waals surface area contributed by atoms with Crippen LogP contribution in [0, 0.1) is 0 Å². The largest absolute Gasteiger partial charge is 0.401 e. The van der Waals surface area contributed by atoms with Gasteiger partial charge in [0.05, 0.1) is 12.6 Å². The first-order chi connectivity index (χ1) is 6.85. The molecule has 1 rings (SSSR count). The fraction of sp³-hybridized carbons (Fsp3) is 0.875. The smallest absolute Gasteiger partial charge is 0.293 e. The van der Waals surface area contributed by atoms with Gasteiger partial charge < -0.3 is 0 Å². The molecule has 0 aliphatic heterocycles. The number of rotatable bonds is 4. The van der Waals surface area contributed by atoms with Crippen molar-refractivity contribution in [3.8, 4) is 0 Å². The molecule has 0 spiro atoms. The van der Waals surface area contributed by atoms with E-state index in [-0.39, 0.29) is 6.04 Å². The molecular weight excluding hydrogens is 211 g/mol. The number of alkyl halides is 3. The molecule has 0 aromatic heterocycles. The number of hydrazine groups is 1. The Morgan fingerprint density at radius 3 is 2.47 bits per heavy atom. The Morgan fingerprint density at radius 2 is 2.13 bits per heavy atom. The summed E-state index contributed by atoms with van der Waals surface area (Å²) in [5.74, 6) is 4.30. The van der Waals surface area contributed by atoms with E-state index in [4.69, 9.17) is 5.84 Å². The number of nitrogens with one attached hydrogen (secondary N) is 1. The van der Waals surface area contributed by atoms with Crippen LogP contribution >= 0.6 is 0 Å². The molecule has 0 saturated heterocycles. The molecule has 7 heteroatoms. The van der Waals surface area contributed by atoms with Crippen LogP contribution in [0.15, 0.2) is 0 Å². The van der Waals surface area contributed by atoms with Gasteiger partial charge in [0.1, 0.15) is 0 Å². The molecule has 1 aliphatic carbocycles. The molecule has 3 N–H and O–H groups in total. The van der Waals surface area contributed by atoms with E-state index in [0.717, 1.165) is 4.90 Å². The van der Waals surface area contributed by atoms with Crippen LogP contribution in [0.25, 0.3) is 0 Å². The highest BCUT2D eigenvalue weighted by Gasteiger charge is 2.41. The van der Waals surface area contributed by atoms with Crippen molar-refractivity contribution in [2.75, 3.05) is 6.54 Å². The number of halogens is 3. The predicted octanol–water partition coefficient (Wildman–Crippen LogP) is 0.391. The van der Waals surface area contributed by atoms with Crippen LogP contribution in [0.4, 0.5) is 13.2 Å². The SMILES string of the molecule is CC(C(=O)NN)N(CC(F)(F)F)C1CC1. The van der Waals surface area contributed by atoms with Crippen molar-refractivity contribution in [3.05, 3.63) is 0 Å². The first kappa shape index (κ1) is 12.3. The summed E-state index contributed by atoms with van der Waals surface area (Å²) >= 11 is 0. The average molecular weight is 225 g/mol. The molecule has 0 radical (unpaired) electrons. The number of hydrogen-bond acceptors (Lipinski definition) is 3. The zero-order valence-corrected chi connectivity index (χ0v) is 8.34. The Morgan fingerprint density at radius 1 is 1.60 bits per heavy atom. The molecule has 1 amide bonds. The molecular formula is C8H14F3N3O. The fourth-order valence-corrected chi connectivity index (χ4v) is 1.47. The highest BCUT2D eigenvalue weighted by molar-refractivity contribution is 5.80. The van der Waals surface area contributed by atoms with Gasteiger partial charge in [0, 0.05) is 6.04 Å². The van der Waals surface area contributed by atoms with E-state index in [1.165, 1.54) is 6.92 Å². The molecule has 4 nitrogen and oxygen atoms in total. The van der Waals surface area contributed by atoms with Crippen LogP contribution in [0.1, 0.15) is 19.8 Å². The Balaban J connectivity index is 2.61. The molecule has 0 heterocycles. The maximum absolute atomic E-state index is 12.2. The second-order valence-electron chi connectivity index (χ2n) is 3.70. The van der Waals surface area contributed by atoms with Crippen molar-refractivity contribution in [3.63, 3.8) is 0 Å². The molecule has 0 aromatic rings. The third-order valence-electron chi connectivity index (χ3n) is 2.40. The Kier molecular flexibility index (Phi) is 3.56. The minimum atomic E-state index is -4.29. The summed E-state index contributed by atoms with van der Waals surface area (Å²) in [6.45, 7) is 0.360. The van der Waals surface area contributed by atoms with E-state index < -0.39 is 24.7 Å². The quantitative estimate of drug-likeness (QED) is 0.413. The number of carbonyl (C=O) groups is 1. The monoisotopic (exact) mass is 225 g/mol. The summed E-state index contributed by atoms with van der Waals surface area (Å²) in [6.07, 6.45) is -2.87. The van der Waals surface area contributed by atoms with Gasteiger partial charge in [-0.05, 0) is 19.8 Å². The van der Waals surface area contributed by atoms with E-state index in [1.807, 2.05) is 5.43 Å². The maximum atomic E-state index is 12.2. The minimum Gasteiger partial charge on any atom is -0.293 e. The zero-order chi connectivity index (χ0) is 11.6. The normalized spacial score (nSPS) is 19.1. The van der Waals surface area contributed by atoms with Crippen LogP contribution in [0.5, 0.6) is 0 Å². The van der Waals surface area contributed by atoms with Gasteiger partial charge in [-0.25, -0.2) is 5.84 Å². The second kappa shape index (κ2) is 4.36. The summed E-state index contributed by atoms with van der Waals surface area (Å²) in [4.78, 5) is 12.3. The number of amides is 1. The summed E-state index contributed by atoms with van der Waals surface area (Å²) in [5.41, 5.74) is 1.87. The Hall–Kier alpha value is -0.820. The van der Waals surface area contributed by atoms with Gasteiger partial charge in [-0.2, -0.15) is 13.2 Å². The summed E-state index contributed by atoms with van der Waals surface area (Å²) in [7, 11) is 0. The first-order valence-corrected chi connectivity index (χ1v) is 4.68. The van der Waals surface area contributed by atoms with Crippen LogP contribution in [0.2, 0.25) is 0 Å². The molecule has 15 heavy (non-hydrogen) atoms. The van der Waals surface area contributed by atoms with Gasteiger partial charge in [0.25, 0.3) is 5.91 Å². The maximum Gasteiger partial charge on any atom is 0.401 e. The van der Waals surface area contributed by atoms with E-state index in [0.29, 0.717) is 12.8 Å². The third-order valence-corrected chi connectivity index (χ3v) is 2.40. The summed E-state index contributed by atoms with van der Waals surface area (Å²) in [5, 5.41) is 0. The molecule has 1 unspecified atom stereocenters. The molecule has 88 valence electrons. The van der Waals surface area contributed by atoms with Crippen LogP contribution in [0.3, 0.4) is 0 Å². The van der Waals surface area contributed by atoms with Crippen LogP contribution in [-0.4, -0.2) is 35.6 Å². The van der Waals surface area contributed by atoms with Gasteiger partial charge in [0.2, 0.25) is 0 Å². The van der Waals surface area contributed by atoms with Gasteiger partial charge in [0.15, 0.2) is 0 Å². The lowest BCUT2D eigenvalue weighted by Crippen LogP contribution is -2.51. The lowest BCUT2D eigenvalue weighted by molar-refractivity contribution is -0.155. The fourth-order valence-electron chi connectivity index (χ4n) is 1.47. The second-order valence-corrected chi connectivity index (χ2v) is 3.70. The lowest BCUT2D eigenvalue weighted by atomic mass is 10.2. The first-order valence-electron chi connectivity index (χ1n) is 4.68. The average Bonchev–Trinajstić information content (AvgIpc) is 2.93. The molecule has 1 aliphatic rings. The van der Waals surface area contributed by atoms with Crippen molar-refractivity contribution in [2.24, 2.45) is 5.84 Å². The Labute approximate surface area is 85.6 Å². The van der Waals surface area contributed by atoms with Crippen molar-refractivity contribution in [1.82, 2.24) is 10.3 Å². The van der Waals surface area contributed by atoms with Crippen LogP contribution < -0.4 is 11.3 Å². The Bertz CT molecular complexity index is 240. The van der Waals surface area contributed by atoms with Crippen LogP contribution in [-0.2, 0) is 4.79 Å².